The lowest BCUT2D eigenvalue weighted by Gasteiger charge is -2.43. The number of rotatable bonds is 4. The summed E-state index contributed by atoms with van der Waals surface area (Å²) in [6.07, 6.45) is 0. The zero-order chi connectivity index (χ0) is 15.5. The lowest BCUT2D eigenvalue weighted by Crippen LogP contribution is -2.61. The maximum absolute atomic E-state index is 12.1. The van der Waals surface area contributed by atoms with Gasteiger partial charge in [0.25, 0.3) is 0 Å². The van der Waals surface area contributed by atoms with E-state index < -0.39 is 0 Å². The van der Waals surface area contributed by atoms with E-state index in [1.165, 1.54) is 0 Å². The SMILES string of the molecule is CN1CCN(C(C)(C)CNC(=O)C2CNC(=O)CN2)CC1. The van der Waals surface area contributed by atoms with Gasteiger partial charge in [-0.25, -0.2) is 0 Å². The van der Waals surface area contributed by atoms with Gasteiger partial charge in [-0.3, -0.25) is 19.8 Å². The second kappa shape index (κ2) is 6.72. The van der Waals surface area contributed by atoms with E-state index in [9.17, 15) is 9.59 Å². The number of amides is 2. The van der Waals surface area contributed by atoms with Crippen LogP contribution in [-0.2, 0) is 9.59 Å². The second-order valence-corrected chi connectivity index (χ2v) is 6.56. The molecule has 2 fully saturated rings. The second-order valence-electron chi connectivity index (χ2n) is 6.56. The molecule has 3 N–H and O–H groups in total. The highest BCUT2D eigenvalue weighted by Gasteiger charge is 2.31. The summed E-state index contributed by atoms with van der Waals surface area (Å²) in [5.41, 5.74) is -0.0607. The molecule has 0 spiro atoms. The zero-order valence-electron chi connectivity index (χ0n) is 13.2. The summed E-state index contributed by atoms with van der Waals surface area (Å²) in [5, 5.41) is 8.65. The summed E-state index contributed by atoms with van der Waals surface area (Å²) < 4.78 is 0. The number of nitrogens with zero attached hydrogens (tertiary/aromatic N) is 2. The highest BCUT2D eigenvalue weighted by atomic mass is 16.2. The fraction of sp³-hybridized carbons (Fsp3) is 0.857. The third-order valence-electron chi connectivity index (χ3n) is 4.38. The van der Waals surface area contributed by atoms with Crippen molar-refractivity contribution in [3.63, 3.8) is 0 Å². The molecule has 1 unspecified atom stereocenters. The molecule has 0 aromatic carbocycles. The van der Waals surface area contributed by atoms with Crippen LogP contribution in [0.5, 0.6) is 0 Å². The van der Waals surface area contributed by atoms with Gasteiger partial charge in [0, 0.05) is 44.8 Å². The van der Waals surface area contributed by atoms with Crippen molar-refractivity contribution < 1.29 is 9.59 Å². The van der Waals surface area contributed by atoms with E-state index >= 15 is 0 Å². The van der Waals surface area contributed by atoms with Gasteiger partial charge in [-0.15, -0.1) is 0 Å². The number of carbonyl (C=O) groups excluding carboxylic acids is 2. The molecule has 0 aromatic rings. The summed E-state index contributed by atoms with van der Waals surface area (Å²) in [4.78, 5) is 27.9. The molecule has 2 saturated heterocycles. The average Bonchev–Trinajstić information content (AvgIpc) is 2.46. The highest BCUT2D eigenvalue weighted by molar-refractivity contribution is 5.86. The van der Waals surface area contributed by atoms with E-state index in [0.717, 1.165) is 26.2 Å². The predicted molar refractivity (Wildman–Crippen MR) is 81.0 cm³/mol. The molecule has 0 aromatic heterocycles. The summed E-state index contributed by atoms with van der Waals surface area (Å²) in [7, 11) is 2.13. The quantitative estimate of drug-likeness (QED) is 0.572. The van der Waals surface area contributed by atoms with Crippen molar-refractivity contribution in [2.75, 3.05) is 52.9 Å². The Hall–Kier alpha value is -1.18. The first-order chi connectivity index (χ1) is 9.88. The Morgan fingerprint density at radius 2 is 2.00 bits per heavy atom. The Labute approximate surface area is 126 Å². The fourth-order valence-corrected chi connectivity index (χ4v) is 2.70. The third-order valence-corrected chi connectivity index (χ3v) is 4.38. The highest BCUT2D eigenvalue weighted by Crippen LogP contribution is 2.15. The van der Waals surface area contributed by atoms with Crippen molar-refractivity contribution in [1.82, 2.24) is 25.8 Å². The van der Waals surface area contributed by atoms with Gasteiger partial charge in [-0.05, 0) is 20.9 Å². The molecule has 0 bridgehead atoms. The topological polar surface area (TPSA) is 76.7 Å². The van der Waals surface area contributed by atoms with Crippen molar-refractivity contribution in [2.45, 2.75) is 25.4 Å². The number of likely N-dealkylation sites (N-methyl/N-ethyl adjacent to an activating group) is 1. The molecule has 0 saturated carbocycles. The third kappa shape index (κ3) is 4.39. The minimum Gasteiger partial charge on any atom is -0.353 e. The van der Waals surface area contributed by atoms with Crippen LogP contribution in [-0.4, -0.2) is 86.1 Å². The first-order valence-electron chi connectivity index (χ1n) is 7.60. The molecule has 1 atom stereocenters. The fourth-order valence-electron chi connectivity index (χ4n) is 2.70. The monoisotopic (exact) mass is 297 g/mol. The van der Waals surface area contributed by atoms with Gasteiger partial charge in [-0.2, -0.15) is 0 Å². The molecule has 0 aliphatic carbocycles. The minimum atomic E-state index is -0.328. The Morgan fingerprint density at radius 3 is 2.57 bits per heavy atom. The first-order valence-corrected chi connectivity index (χ1v) is 7.60. The van der Waals surface area contributed by atoms with Crippen LogP contribution >= 0.6 is 0 Å². The first kappa shape index (κ1) is 16.2. The molecule has 2 aliphatic heterocycles. The molecule has 2 heterocycles. The van der Waals surface area contributed by atoms with Crippen LogP contribution in [0.3, 0.4) is 0 Å². The van der Waals surface area contributed by atoms with E-state index in [1.807, 2.05) is 0 Å². The molecular formula is C14H27N5O2. The van der Waals surface area contributed by atoms with Crippen molar-refractivity contribution in [3.8, 4) is 0 Å². The van der Waals surface area contributed by atoms with E-state index in [2.05, 4.69) is 46.6 Å². The van der Waals surface area contributed by atoms with E-state index in [-0.39, 0.29) is 29.9 Å². The molecule has 2 aliphatic rings. The molecular weight excluding hydrogens is 270 g/mol. The maximum Gasteiger partial charge on any atom is 0.239 e. The Bertz CT molecular complexity index is 381. The van der Waals surface area contributed by atoms with Crippen LogP contribution in [0.1, 0.15) is 13.8 Å². The lowest BCUT2D eigenvalue weighted by atomic mass is 10.0. The molecule has 7 nitrogen and oxygen atoms in total. The largest absolute Gasteiger partial charge is 0.353 e. The van der Waals surface area contributed by atoms with Crippen LogP contribution in [0.15, 0.2) is 0 Å². The van der Waals surface area contributed by atoms with Gasteiger partial charge in [0.1, 0.15) is 6.04 Å². The Kier molecular flexibility index (Phi) is 5.18. The van der Waals surface area contributed by atoms with Crippen molar-refractivity contribution in [1.29, 1.82) is 0 Å². The standard InChI is InChI=1S/C14H27N5O2/c1-14(2,19-6-4-18(3)5-7-19)10-17-13(21)11-8-16-12(20)9-15-11/h11,15H,4-10H2,1-3H3,(H,16,20)(H,17,21). The maximum atomic E-state index is 12.1. The van der Waals surface area contributed by atoms with Crippen LogP contribution in [0.2, 0.25) is 0 Å². The summed E-state index contributed by atoms with van der Waals surface area (Å²) in [6, 6.07) is -0.328. The Morgan fingerprint density at radius 1 is 1.33 bits per heavy atom. The minimum absolute atomic E-state index is 0.0443. The van der Waals surface area contributed by atoms with Gasteiger partial charge in [0.2, 0.25) is 11.8 Å². The van der Waals surface area contributed by atoms with Crippen LogP contribution < -0.4 is 16.0 Å². The van der Waals surface area contributed by atoms with Crippen LogP contribution in [0.25, 0.3) is 0 Å². The number of nitrogens with one attached hydrogen (secondary N) is 3. The molecule has 2 rings (SSSR count). The van der Waals surface area contributed by atoms with E-state index in [4.69, 9.17) is 0 Å². The van der Waals surface area contributed by atoms with Crippen LogP contribution in [0.4, 0.5) is 0 Å². The van der Waals surface area contributed by atoms with Crippen molar-refractivity contribution in [3.05, 3.63) is 0 Å². The van der Waals surface area contributed by atoms with Gasteiger partial charge >= 0.3 is 0 Å². The Balaban J connectivity index is 1.78. The average molecular weight is 297 g/mol. The molecule has 0 radical (unpaired) electrons. The van der Waals surface area contributed by atoms with Gasteiger partial charge in [0.15, 0.2) is 0 Å². The summed E-state index contributed by atoms with van der Waals surface area (Å²) in [5.74, 6) is -0.103. The smallest absolute Gasteiger partial charge is 0.239 e. The number of hydrogen-bond acceptors (Lipinski definition) is 5. The van der Waals surface area contributed by atoms with Crippen molar-refractivity contribution >= 4 is 11.8 Å². The zero-order valence-corrected chi connectivity index (χ0v) is 13.2. The molecule has 2 amide bonds. The number of carbonyl (C=O) groups is 2. The predicted octanol–water partition coefficient (Wildman–Crippen LogP) is -1.78. The van der Waals surface area contributed by atoms with E-state index in [0.29, 0.717) is 13.1 Å². The van der Waals surface area contributed by atoms with Crippen LogP contribution in [0, 0.1) is 0 Å². The summed E-state index contributed by atoms with van der Waals surface area (Å²) >= 11 is 0. The number of piperazine rings is 2. The van der Waals surface area contributed by atoms with Gasteiger partial charge in [-0.1, -0.05) is 0 Å². The van der Waals surface area contributed by atoms with Gasteiger partial charge in [0.05, 0.1) is 6.54 Å². The summed E-state index contributed by atoms with van der Waals surface area (Å²) in [6.45, 7) is 9.68. The lowest BCUT2D eigenvalue weighted by molar-refractivity contribution is -0.127. The molecule has 21 heavy (non-hydrogen) atoms. The normalized spacial score (nSPS) is 25.5. The van der Waals surface area contributed by atoms with Crippen molar-refractivity contribution in [2.24, 2.45) is 0 Å². The van der Waals surface area contributed by atoms with Gasteiger partial charge < -0.3 is 15.5 Å². The molecule has 120 valence electrons. The van der Waals surface area contributed by atoms with E-state index in [1.54, 1.807) is 0 Å². The molecule has 7 heteroatoms. The number of hydrogen-bond donors (Lipinski definition) is 3.